The second-order valence-corrected chi connectivity index (χ2v) is 11.4. The molecule has 186 valence electrons. The van der Waals surface area contributed by atoms with Crippen molar-refractivity contribution in [3.8, 4) is 11.5 Å². The first-order valence-corrected chi connectivity index (χ1v) is 16.6. The first-order valence-electron chi connectivity index (χ1n) is 9.30. The monoisotopic (exact) mass is 924 g/mol. The van der Waals surface area contributed by atoms with Crippen LogP contribution >= 0.6 is 40.6 Å². The van der Waals surface area contributed by atoms with E-state index in [9.17, 15) is 0 Å². The standard InChI is InChI=1S/C18H23N7O2P5S.2W/c1-24(2)13-12-15-4-10-18(11-5-15)27-32(33)25(3)19-14-16-6-8-17(9-7-16)26-31-30-23-21-20-22-29-28;;/h4-11,14,31H,1-2,12-13,28H2,3H3;;/q-1;;/b19-14+,21-20+;;. The van der Waals surface area contributed by atoms with E-state index in [1.165, 1.54) is 5.56 Å². The molecule has 0 spiro atoms. The Bertz CT molecular complexity index is 1000. The third-order valence-electron chi connectivity index (χ3n) is 3.73. The maximum absolute atomic E-state index is 5.86. The van der Waals surface area contributed by atoms with Crippen LogP contribution in [-0.2, 0) is 60.4 Å². The molecular weight excluding hydrogens is 901 g/mol. The van der Waals surface area contributed by atoms with Gasteiger partial charge < -0.3 is 23.5 Å². The van der Waals surface area contributed by atoms with Crippen molar-refractivity contribution in [3.63, 3.8) is 0 Å². The van der Waals surface area contributed by atoms with E-state index in [-0.39, 0.29) is 50.6 Å². The fourth-order valence-corrected chi connectivity index (χ4v) is 4.36. The molecule has 0 bridgehead atoms. The fourth-order valence-electron chi connectivity index (χ4n) is 2.14. The second kappa shape index (κ2) is 21.0. The van der Waals surface area contributed by atoms with Gasteiger partial charge in [-0.2, -0.15) is 0 Å². The molecule has 0 radical (unpaired) electrons. The van der Waals surface area contributed by atoms with Crippen LogP contribution < -0.4 is 9.05 Å². The Morgan fingerprint density at radius 1 is 1.06 bits per heavy atom. The predicted octanol–water partition coefficient (Wildman–Crippen LogP) is 7.45. The van der Waals surface area contributed by atoms with Crippen molar-refractivity contribution in [2.75, 3.05) is 13.6 Å². The van der Waals surface area contributed by atoms with Crippen molar-refractivity contribution < 1.29 is 51.2 Å². The van der Waals surface area contributed by atoms with E-state index in [1.807, 2.05) is 48.5 Å². The molecule has 0 fully saturated rings. The Morgan fingerprint density at radius 3 is 2.31 bits per heavy atom. The van der Waals surface area contributed by atoms with Crippen molar-refractivity contribution in [3.05, 3.63) is 73.8 Å². The molecule has 0 saturated heterocycles. The van der Waals surface area contributed by atoms with E-state index in [0.717, 1.165) is 30.0 Å². The maximum atomic E-state index is 5.86. The van der Waals surface area contributed by atoms with E-state index in [1.54, 1.807) is 22.9 Å². The van der Waals surface area contributed by atoms with E-state index >= 15 is 0 Å². The fraction of sp³-hybridized carbons (Fsp3) is 0.167. The summed E-state index contributed by atoms with van der Waals surface area (Å²) >= 11 is 5.47. The molecule has 0 amide bonds. The van der Waals surface area contributed by atoms with Gasteiger partial charge in [0, 0.05) is 42.1 Å². The number of rotatable bonds is 13. The van der Waals surface area contributed by atoms with Crippen LogP contribution in [0.3, 0.4) is 0 Å². The molecule has 3 unspecified atom stereocenters. The number of hydrogen-bond donors (Lipinski definition) is 0. The van der Waals surface area contributed by atoms with Crippen LogP contribution in [0.5, 0.6) is 11.5 Å². The van der Waals surface area contributed by atoms with E-state index in [2.05, 4.69) is 48.3 Å². The van der Waals surface area contributed by atoms with E-state index < -0.39 is 7.07 Å². The van der Waals surface area contributed by atoms with E-state index in [0.29, 0.717) is 16.1 Å². The van der Waals surface area contributed by atoms with Crippen LogP contribution in [0, 0.1) is 14.1 Å². The zero-order valence-electron chi connectivity index (χ0n) is 18.6. The van der Waals surface area contributed by atoms with Crippen LogP contribution in [0.4, 0.5) is 0 Å². The minimum absolute atomic E-state index is 0. The molecule has 2 aromatic carbocycles. The minimum Gasteiger partial charge on any atom is -0.610 e. The number of nitrogens with zero attached hydrogens (tertiary/aromatic N) is 7. The Balaban J connectivity index is 0.00000578. The summed E-state index contributed by atoms with van der Waals surface area (Å²) < 4.78 is 13.1. The molecule has 0 saturated carbocycles. The summed E-state index contributed by atoms with van der Waals surface area (Å²) in [5, 5.41) is 11.4. The second-order valence-electron chi connectivity index (χ2n) is 6.19. The van der Waals surface area contributed by atoms with Crippen LogP contribution in [0.15, 0.2) is 73.8 Å². The molecule has 3 atom stereocenters. The topological polar surface area (TPSA) is 86.7 Å². The largest absolute Gasteiger partial charge is 0.610 e. The SMILES string of the molecule is [CH2-]N([CH2-])CCc1ccc(O[P+](=S)N(C)/N=C/c2ccc(OPP=N/N=N/N=PP)cc2)cc1.[W].[W]. The smallest absolute Gasteiger partial charge is 0.540 e. The zero-order chi connectivity index (χ0) is 23.9. The first kappa shape index (κ1) is 35.0. The molecule has 17 heteroatoms. The van der Waals surface area contributed by atoms with Crippen molar-refractivity contribution in [2.45, 2.75) is 6.42 Å². The summed E-state index contributed by atoms with van der Waals surface area (Å²) in [5.41, 5.74) is 2.11. The van der Waals surface area contributed by atoms with Crippen molar-refractivity contribution in [1.82, 2.24) is 9.68 Å². The number of hydrazone groups is 1. The molecule has 2 aromatic rings. The summed E-state index contributed by atoms with van der Waals surface area (Å²) in [6.07, 6.45) is 2.60. The first-order chi connectivity index (χ1) is 16.0. The Kier molecular flexibility index (Phi) is 21.0. The molecule has 35 heavy (non-hydrogen) atoms. The Morgan fingerprint density at radius 2 is 1.69 bits per heavy atom. The van der Waals surface area contributed by atoms with Gasteiger partial charge in [0.2, 0.25) is 11.8 Å². The van der Waals surface area contributed by atoms with Crippen molar-refractivity contribution in [2.24, 2.45) is 25.3 Å². The summed E-state index contributed by atoms with van der Waals surface area (Å²) in [6.45, 7) is 0.788. The Labute approximate surface area is 248 Å². The molecule has 0 aliphatic heterocycles. The maximum Gasteiger partial charge on any atom is 0.540 e. The minimum atomic E-state index is -1.33. The molecule has 9 nitrogen and oxygen atoms in total. The third kappa shape index (κ3) is 15.8. The van der Waals surface area contributed by atoms with Gasteiger partial charge in [-0.15, -0.1) is 14.8 Å². The van der Waals surface area contributed by atoms with Gasteiger partial charge in [-0.1, -0.05) is 32.4 Å². The summed E-state index contributed by atoms with van der Waals surface area (Å²) in [5.74, 6) is 1.46. The van der Waals surface area contributed by atoms with Gasteiger partial charge in [-0.05, 0) is 64.4 Å². The molecular formula is C18H23N7O2P5SW2-. The average Bonchev–Trinajstić information content (AvgIpc) is 2.82. The van der Waals surface area contributed by atoms with Gasteiger partial charge in [0.05, 0.1) is 21.3 Å². The van der Waals surface area contributed by atoms with Gasteiger partial charge in [0.1, 0.15) is 22.3 Å². The van der Waals surface area contributed by atoms with Gasteiger partial charge in [0.25, 0.3) is 0 Å². The summed E-state index contributed by atoms with van der Waals surface area (Å²) in [7, 11) is 11.9. The quantitative estimate of drug-likeness (QED) is 0.0686. The van der Waals surface area contributed by atoms with Crippen molar-refractivity contribution in [1.29, 1.82) is 0 Å². The molecule has 0 aromatic heterocycles. The Hall–Kier alpha value is 0.0266. The number of benzene rings is 2. The number of hydrogen-bond acceptors (Lipinski definition) is 5. The zero-order valence-corrected chi connectivity index (χ0v) is 30.1. The van der Waals surface area contributed by atoms with Gasteiger partial charge in [-0.25, -0.2) is 0 Å². The van der Waals surface area contributed by atoms with Gasteiger partial charge in [0.15, 0.2) is 5.75 Å². The summed E-state index contributed by atoms with van der Waals surface area (Å²) in [4.78, 5) is 9.11. The predicted molar refractivity (Wildman–Crippen MR) is 146 cm³/mol. The molecule has 0 heterocycles. The van der Waals surface area contributed by atoms with Crippen LogP contribution in [-0.4, -0.2) is 29.5 Å². The van der Waals surface area contributed by atoms with Crippen molar-refractivity contribution >= 4 is 58.6 Å². The van der Waals surface area contributed by atoms with Crippen LogP contribution in [0.25, 0.3) is 0 Å². The van der Waals surface area contributed by atoms with E-state index in [4.69, 9.17) is 20.9 Å². The van der Waals surface area contributed by atoms with Gasteiger partial charge in [-0.3, -0.25) is 4.52 Å². The van der Waals surface area contributed by atoms with Crippen LogP contribution in [0.1, 0.15) is 11.1 Å². The molecule has 0 aliphatic carbocycles. The van der Waals surface area contributed by atoms with Crippen LogP contribution in [0.2, 0.25) is 0 Å². The van der Waals surface area contributed by atoms with Gasteiger partial charge >= 0.3 is 7.07 Å². The third-order valence-corrected chi connectivity index (χ3v) is 7.47. The molecule has 0 N–H and O–H groups in total. The summed E-state index contributed by atoms with van der Waals surface area (Å²) in [6, 6.07) is 15.4. The normalized spacial score (nSPS) is 12.1. The molecule has 0 aliphatic rings. The molecule has 2 rings (SSSR count). The average molecular weight is 924 g/mol.